The molecule has 74 valence electrons. The third-order valence-corrected chi connectivity index (χ3v) is 1.54. The number of nitrogens with two attached hydrogens (primary N) is 1. The van der Waals surface area contributed by atoms with E-state index in [-0.39, 0.29) is 5.56 Å². The number of hydrogen-bond donors (Lipinski definition) is 1. The number of nitrogen functional groups attached to an aromatic ring is 1. The molecule has 1 aromatic rings. The lowest BCUT2D eigenvalue weighted by Crippen LogP contribution is -2.10. The summed E-state index contributed by atoms with van der Waals surface area (Å²) in [5, 5.41) is 8.35. The molecule has 0 aliphatic heterocycles. The molecule has 0 aliphatic rings. The van der Waals surface area contributed by atoms with Crippen molar-refractivity contribution in [1.82, 2.24) is 0 Å². The first-order valence-electron chi connectivity index (χ1n) is 3.42. The van der Waals surface area contributed by atoms with Gasteiger partial charge >= 0.3 is 6.18 Å². The van der Waals surface area contributed by atoms with Crippen LogP contribution in [0.5, 0.6) is 0 Å². The first-order chi connectivity index (χ1) is 6.36. The van der Waals surface area contributed by atoms with E-state index in [0.717, 1.165) is 6.07 Å². The SMILES string of the molecule is N#Cc1cc(N)c(F)c(C(F)(F)F)c1. The van der Waals surface area contributed by atoms with Gasteiger partial charge in [-0.25, -0.2) is 4.39 Å². The quantitative estimate of drug-likeness (QED) is 0.520. The Morgan fingerprint density at radius 2 is 1.86 bits per heavy atom. The van der Waals surface area contributed by atoms with Gasteiger partial charge in [-0.3, -0.25) is 0 Å². The van der Waals surface area contributed by atoms with Gasteiger partial charge in [0.1, 0.15) is 0 Å². The number of nitrogens with zero attached hydrogens (tertiary/aromatic N) is 1. The van der Waals surface area contributed by atoms with Crippen molar-refractivity contribution < 1.29 is 17.6 Å². The highest BCUT2D eigenvalue weighted by atomic mass is 19.4. The molecule has 2 nitrogen and oxygen atoms in total. The van der Waals surface area contributed by atoms with Crippen LogP contribution in [0.4, 0.5) is 23.2 Å². The third kappa shape index (κ3) is 1.76. The number of hydrogen-bond acceptors (Lipinski definition) is 2. The minimum Gasteiger partial charge on any atom is -0.396 e. The molecule has 1 aromatic carbocycles. The number of rotatable bonds is 0. The number of alkyl halides is 3. The summed E-state index contributed by atoms with van der Waals surface area (Å²) in [5.74, 6) is -1.54. The van der Waals surface area contributed by atoms with E-state index in [0.29, 0.717) is 6.07 Å². The Balaban J connectivity index is 3.44. The normalized spacial score (nSPS) is 11.1. The van der Waals surface area contributed by atoms with Crippen molar-refractivity contribution in [3.63, 3.8) is 0 Å². The van der Waals surface area contributed by atoms with Crippen LogP contribution in [0.2, 0.25) is 0 Å². The Bertz CT molecular complexity index is 403. The van der Waals surface area contributed by atoms with E-state index in [1.807, 2.05) is 0 Å². The highest BCUT2D eigenvalue weighted by Gasteiger charge is 2.35. The van der Waals surface area contributed by atoms with Crippen LogP contribution in [0.3, 0.4) is 0 Å². The fourth-order valence-electron chi connectivity index (χ4n) is 0.918. The first kappa shape index (κ1) is 10.3. The summed E-state index contributed by atoms with van der Waals surface area (Å²) in [6.07, 6.45) is -4.84. The van der Waals surface area contributed by atoms with Crippen molar-refractivity contribution in [2.45, 2.75) is 6.18 Å². The van der Waals surface area contributed by atoms with Crippen LogP contribution in [0, 0.1) is 17.1 Å². The maximum absolute atomic E-state index is 12.9. The van der Waals surface area contributed by atoms with E-state index in [2.05, 4.69) is 0 Å². The van der Waals surface area contributed by atoms with E-state index in [1.165, 1.54) is 6.07 Å². The van der Waals surface area contributed by atoms with Crippen molar-refractivity contribution in [3.05, 3.63) is 29.1 Å². The Morgan fingerprint density at radius 1 is 1.29 bits per heavy atom. The Labute approximate surface area is 76.6 Å². The monoisotopic (exact) mass is 204 g/mol. The Hall–Kier alpha value is -1.77. The summed E-state index contributed by atoms with van der Waals surface area (Å²) in [5.41, 5.74) is 2.44. The molecule has 0 radical (unpaired) electrons. The highest BCUT2D eigenvalue weighted by molar-refractivity contribution is 5.51. The number of nitriles is 1. The predicted molar refractivity (Wildman–Crippen MR) is 40.5 cm³/mol. The first-order valence-corrected chi connectivity index (χ1v) is 3.42. The Kier molecular flexibility index (Phi) is 2.34. The molecule has 0 aromatic heterocycles. The molecule has 0 aliphatic carbocycles. The summed E-state index contributed by atoms with van der Waals surface area (Å²) in [7, 11) is 0. The molecule has 0 saturated heterocycles. The standard InChI is InChI=1S/C8H4F4N2/c9-7-5(8(10,11)12)1-4(3-13)2-6(7)14/h1-2H,14H2. The van der Waals surface area contributed by atoms with Gasteiger partial charge in [-0.15, -0.1) is 0 Å². The van der Waals surface area contributed by atoms with Gasteiger partial charge in [0.25, 0.3) is 0 Å². The van der Waals surface area contributed by atoms with Gasteiger partial charge in [-0.1, -0.05) is 0 Å². The molecule has 0 heterocycles. The second kappa shape index (κ2) is 3.18. The van der Waals surface area contributed by atoms with E-state index < -0.39 is 23.2 Å². The van der Waals surface area contributed by atoms with E-state index in [1.54, 1.807) is 0 Å². The smallest absolute Gasteiger partial charge is 0.396 e. The van der Waals surface area contributed by atoms with Gasteiger partial charge in [0, 0.05) is 0 Å². The van der Waals surface area contributed by atoms with Crippen LogP contribution in [0.25, 0.3) is 0 Å². The molecule has 0 bridgehead atoms. The molecule has 2 N–H and O–H groups in total. The van der Waals surface area contributed by atoms with Gasteiger partial charge in [-0.2, -0.15) is 18.4 Å². The number of halogens is 4. The maximum atomic E-state index is 12.9. The van der Waals surface area contributed by atoms with Crippen molar-refractivity contribution in [2.75, 3.05) is 5.73 Å². The van der Waals surface area contributed by atoms with Crippen LogP contribution in [0.15, 0.2) is 12.1 Å². The minimum absolute atomic E-state index is 0.323. The minimum atomic E-state index is -4.84. The number of benzene rings is 1. The van der Waals surface area contributed by atoms with Gasteiger partial charge in [-0.05, 0) is 12.1 Å². The van der Waals surface area contributed by atoms with Crippen LogP contribution < -0.4 is 5.73 Å². The maximum Gasteiger partial charge on any atom is 0.419 e. The van der Waals surface area contributed by atoms with Gasteiger partial charge in [0.2, 0.25) is 0 Å². The van der Waals surface area contributed by atoms with Crippen molar-refractivity contribution >= 4 is 5.69 Å². The average Bonchev–Trinajstić information content (AvgIpc) is 2.07. The molecule has 0 amide bonds. The molecule has 14 heavy (non-hydrogen) atoms. The third-order valence-electron chi connectivity index (χ3n) is 1.54. The molecule has 6 heteroatoms. The van der Waals surface area contributed by atoms with E-state index in [9.17, 15) is 17.6 Å². The summed E-state index contributed by atoms with van der Waals surface area (Å²) in [4.78, 5) is 0. The molecule has 0 spiro atoms. The van der Waals surface area contributed by atoms with Crippen LogP contribution in [0.1, 0.15) is 11.1 Å². The zero-order chi connectivity index (χ0) is 10.9. The summed E-state index contributed by atoms with van der Waals surface area (Å²) in [6, 6.07) is 2.73. The van der Waals surface area contributed by atoms with Gasteiger partial charge in [0.05, 0.1) is 22.9 Å². The zero-order valence-corrected chi connectivity index (χ0v) is 6.69. The fourth-order valence-corrected chi connectivity index (χ4v) is 0.918. The zero-order valence-electron chi connectivity index (χ0n) is 6.69. The predicted octanol–water partition coefficient (Wildman–Crippen LogP) is 2.30. The molecular formula is C8H4F4N2. The molecule has 0 atom stereocenters. The molecular weight excluding hydrogens is 200 g/mol. The molecule has 1 rings (SSSR count). The average molecular weight is 204 g/mol. The lowest BCUT2D eigenvalue weighted by Gasteiger charge is -2.09. The topological polar surface area (TPSA) is 49.8 Å². The van der Waals surface area contributed by atoms with Crippen molar-refractivity contribution in [2.24, 2.45) is 0 Å². The second-order valence-corrected chi connectivity index (χ2v) is 2.54. The van der Waals surface area contributed by atoms with E-state index >= 15 is 0 Å². The van der Waals surface area contributed by atoms with Crippen LogP contribution >= 0.6 is 0 Å². The van der Waals surface area contributed by atoms with Crippen LogP contribution in [-0.4, -0.2) is 0 Å². The lowest BCUT2D eigenvalue weighted by molar-refractivity contribution is -0.139. The number of anilines is 1. The van der Waals surface area contributed by atoms with Crippen molar-refractivity contribution in [3.8, 4) is 6.07 Å². The molecule has 0 unspecified atom stereocenters. The van der Waals surface area contributed by atoms with Gasteiger partial charge < -0.3 is 5.73 Å². The second-order valence-electron chi connectivity index (χ2n) is 2.54. The largest absolute Gasteiger partial charge is 0.419 e. The van der Waals surface area contributed by atoms with Crippen LogP contribution in [-0.2, 0) is 6.18 Å². The molecule has 0 fully saturated rings. The fraction of sp³-hybridized carbons (Fsp3) is 0.125. The Morgan fingerprint density at radius 3 is 2.29 bits per heavy atom. The summed E-state index contributed by atoms with van der Waals surface area (Å²) in [6.45, 7) is 0. The summed E-state index contributed by atoms with van der Waals surface area (Å²) >= 11 is 0. The van der Waals surface area contributed by atoms with Gasteiger partial charge in [0.15, 0.2) is 5.82 Å². The molecule has 0 saturated carbocycles. The lowest BCUT2D eigenvalue weighted by atomic mass is 10.1. The summed E-state index contributed by atoms with van der Waals surface area (Å²) < 4.78 is 49.3. The highest BCUT2D eigenvalue weighted by Crippen LogP contribution is 2.33. The van der Waals surface area contributed by atoms with E-state index in [4.69, 9.17) is 11.0 Å². The van der Waals surface area contributed by atoms with Crippen molar-refractivity contribution in [1.29, 1.82) is 5.26 Å².